The van der Waals surface area contributed by atoms with Crippen molar-refractivity contribution in [1.82, 2.24) is 0 Å². The van der Waals surface area contributed by atoms with Gasteiger partial charge in [0.05, 0.1) is 5.69 Å². The first-order valence-electron chi connectivity index (χ1n) is 4.14. The molecule has 1 aromatic carbocycles. The summed E-state index contributed by atoms with van der Waals surface area (Å²) in [6.07, 6.45) is 0. The highest BCUT2D eigenvalue weighted by Gasteiger charge is 2.03. The monoisotopic (exact) mass is 205 g/mol. The number of hydrogen-bond acceptors (Lipinski definition) is 4. The normalized spacial score (nSPS) is 10.6. The van der Waals surface area contributed by atoms with Gasteiger partial charge in [-0.05, 0) is 24.3 Å². The summed E-state index contributed by atoms with van der Waals surface area (Å²) in [7, 11) is 0. The highest BCUT2D eigenvalue weighted by molar-refractivity contribution is 6.45. The van der Waals surface area contributed by atoms with Crippen LogP contribution in [0.15, 0.2) is 29.4 Å². The van der Waals surface area contributed by atoms with Gasteiger partial charge in [0.2, 0.25) is 5.71 Å². The highest BCUT2D eigenvalue weighted by atomic mass is 19.1. The third kappa shape index (κ3) is 3.19. The maximum absolute atomic E-state index is 12.5. The third-order valence-corrected chi connectivity index (χ3v) is 1.58. The maximum atomic E-state index is 12.5. The van der Waals surface area contributed by atoms with E-state index >= 15 is 0 Å². The molecule has 0 aliphatic carbocycles. The Morgan fingerprint density at radius 3 is 2.53 bits per heavy atom. The first-order chi connectivity index (χ1) is 7.13. The molecule has 15 heavy (non-hydrogen) atoms. The van der Waals surface area contributed by atoms with E-state index in [1.807, 2.05) is 0 Å². The number of nitrogens with zero attached hydrogens (tertiary/aromatic N) is 2. The van der Waals surface area contributed by atoms with Gasteiger partial charge in [-0.3, -0.25) is 10.2 Å². The van der Waals surface area contributed by atoms with Crippen LogP contribution in [-0.2, 0) is 4.79 Å². The Labute approximate surface area is 86.0 Å². The second kappa shape index (κ2) is 4.86. The van der Waals surface area contributed by atoms with Crippen LogP contribution in [0.25, 0.3) is 0 Å². The number of anilines is 1. The fraction of sp³-hybridized carbons (Fsp3) is 0.100. The van der Waals surface area contributed by atoms with E-state index in [1.54, 1.807) is 6.07 Å². The molecule has 0 atom stereocenters. The number of nitrogens with one attached hydrogen (secondary N) is 1. The number of ketones is 1. The first kappa shape index (κ1) is 10.9. The minimum atomic E-state index is -0.424. The lowest BCUT2D eigenvalue weighted by atomic mass is 10.3. The van der Waals surface area contributed by atoms with Crippen LogP contribution in [0.5, 0.6) is 0 Å². The lowest BCUT2D eigenvalue weighted by molar-refractivity contribution is -0.110. The fourth-order valence-electron chi connectivity index (χ4n) is 0.827. The molecule has 0 saturated heterocycles. The van der Waals surface area contributed by atoms with Crippen molar-refractivity contribution >= 4 is 17.2 Å². The molecule has 0 radical (unpaired) electrons. The summed E-state index contributed by atoms with van der Waals surface area (Å²) in [6.45, 7) is 1.24. The van der Waals surface area contributed by atoms with Gasteiger partial charge in [-0.2, -0.15) is 10.4 Å². The van der Waals surface area contributed by atoms with E-state index in [4.69, 9.17) is 5.26 Å². The molecule has 0 heterocycles. The predicted octanol–water partition coefficient (Wildman–Crippen LogP) is 1.71. The van der Waals surface area contributed by atoms with Crippen LogP contribution in [-0.4, -0.2) is 11.5 Å². The molecule has 0 aromatic heterocycles. The van der Waals surface area contributed by atoms with Gasteiger partial charge >= 0.3 is 0 Å². The van der Waals surface area contributed by atoms with Gasteiger partial charge < -0.3 is 0 Å². The molecule has 1 N–H and O–H groups in total. The molecule has 0 bridgehead atoms. The van der Waals surface area contributed by atoms with Crippen LogP contribution < -0.4 is 5.43 Å². The molecular formula is C10H8FN3O. The number of hydrogen-bond donors (Lipinski definition) is 1. The van der Waals surface area contributed by atoms with Crippen LogP contribution in [0.4, 0.5) is 10.1 Å². The Morgan fingerprint density at radius 1 is 1.47 bits per heavy atom. The van der Waals surface area contributed by atoms with Crippen LogP contribution in [0.3, 0.4) is 0 Å². The average molecular weight is 205 g/mol. The van der Waals surface area contributed by atoms with Crippen LogP contribution in [0.1, 0.15) is 6.92 Å². The molecule has 4 nitrogen and oxygen atoms in total. The quantitative estimate of drug-likeness (QED) is 0.603. The lowest BCUT2D eigenvalue weighted by Gasteiger charge is -1.99. The number of nitriles is 1. The van der Waals surface area contributed by atoms with E-state index in [1.165, 1.54) is 31.2 Å². The lowest BCUT2D eigenvalue weighted by Crippen LogP contribution is -2.09. The number of benzene rings is 1. The summed E-state index contributed by atoms with van der Waals surface area (Å²) in [5.41, 5.74) is 2.76. The van der Waals surface area contributed by atoms with E-state index in [2.05, 4.69) is 10.5 Å². The van der Waals surface area contributed by atoms with Crippen molar-refractivity contribution in [2.24, 2.45) is 5.10 Å². The molecule has 5 heteroatoms. The van der Waals surface area contributed by atoms with Crippen molar-refractivity contribution < 1.29 is 9.18 Å². The van der Waals surface area contributed by atoms with Crippen molar-refractivity contribution in [2.75, 3.05) is 5.43 Å². The number of carbonyl (C=O) groups excluding carboxylic acids is 1. The van der Waals surface area contributed by atoms with E-state index in [-0.39, 0.29) is 11.5 Å². The Morgan fingerprint density at radius 2 is 2.07 bits per heavy atom. The van der Waals surface area contributed by atoms with E-state index in [0.717, 1.165) is 0 Å². The zero-order valence-corrected chi connectivity index (χ0v) is 7.99. The molecule has 1 aromatic rings. The molecule has 0 fully saturated rings. The van der Waals surface area contributed by atoms with Crippen molar-refractivity contribution in [3.63, 3.8) is 0 Å². The van der Waals surface area contributed by atoms with Gasteiger partial charge in [0.25, 0.3) is 0 Å². The Hall–Kier alpha value is -2.22. The molecule has 0 amide bonds. The van der Waals surface area contributed by atoms with Crippen LogP contribution in [0, 0.1) is 17.1 Å². The zero-order valence-electron chi connectivity index (χ0n) is 7.99. The van der Waals surface area contributed by atoms with Gasteiger partial charge in [0.1, 0.15) is 11.9 Å². The SMILES string of the molecule is CC(=O)/C(C#N)=N\Nc1ccc(F)cc1. The van der Waals surface area contributed by atoms with Crippen molar-refractivity contribution in [3.8, 4) is 6.07 Å². The van der Waals surface area contributed by atoms with Gasteiger partial charge in [-0.1, -0.05) is 0 Å². The largest absolute Gasteiger partial charge is 0.292 e. The molecule has 1 rings (SSSR count). The molecule has 0 spiro atoms. The number of carbonyl (C=O) groups is 1. The highest BCUT2D eigenvalue weighted by Crippen LogP contribution is 2.07. The molecule has 0 unspecified atom stereocenters. The van der Waals surface area contributed by atoms with E-state index in [0.29, 0.717) is 5.69 Å². The van der Waals surface area contributed by atoms with Gasteiger partial charge in [0.15, 0.2) is 5.78 Å². The second-order valence-corrected chi connectivity index (χ2v) is 2.75. The summed E-state index contributed by atoms with van der Waals surface area (Å²) < 4.78 is 12.5. The number of hydrazone groups is 1. The third-order valence-electron chi connectivity index (χ3n) is 1.58. The molecular weight excluding hydrogens is 197 g/mol. The average Bonchev–Trinajstić information content (AvgIpc) is 2.21. The molecule has 0 aliphatic heterocycles. The van der Waals surface area contributed by atoms with Crippen molar-refractivity contribution in [2.45, 2.75) is 6.92 Å². The second-order valence-electron chi connectivity index (χ2n) is 2.75. The van der Waals surface area contributed by atoms with Gasteiger partial charge in [-0.15, -0.1) is 0 Å². The number of rotatable bonds is 3. The zero-order chi connectivity index (χ0) is 11.3. The summed E-state index contributed by atoms with van der Waals surface area (Å²) in [5.74, 6) is -0.788. The topological polar surface area (TPSA) is 65.2 Å². The van der Waals surface area contributed by atoms with Gasteiger partial charge in [-0.25, -0.2) is 4.39 Å². The minimum absolute atomic E-state index is 0.223. The van der Waals surface area contributed by atoms with Crippen molar-refractivity contribution in [1.29, 1.82) is 5.26 Å². The first-order valence-corrected chi connectivity index (χ1v) is 4.14. The Kier molecular flexibility index (Phi) is 3.52. The molecule has 76 valence electrons. The van der Waals surface area contributed by atoms with E-state index in [9.17, 15) is 9.18 Å². The van der Waals surface area contributed by atoms with Crippen LogP contribution in [0.2, 0.25) is 0 Å². The maximum Gasteiger partial charge on any atom is 0.203 e. The number of Topliss-reactive ketones (excluding diaryl/α,β-unsaturated/α-hetero) is 1. The summed E-state index contributed by atoms with van der Waals surface area (Å²) in [4.78, 5) is 10.8. The fourth-order valence-corrected chi connectivity index (χ4v) is 0.827. The molecule has 0 saturated carbocycles. The smallest absolute Gasteiger partial charge is 0.203 e. The van der Waals surface area contributed by atoms with Crippen LogP contribution >= 0.6 is 0 Å². The van der Waals surface area contributed by atoms with Gasteiger partial charge in [0, 0.05) is 6.92 Å². The summed E-state index contributed by atoms with van der Waals surface area (Å²) >= 11 is 0. The minimum Gasteiger partial charge on any atom is -0.292 e. The number of halogens is 1. The van der Waals surface area contributed by atoms with Crippen molar-refractivity contribution in [3.05, 3.63) is 30.1 Å². The standard InChI is InChI=1S/C10H8FN3O/c1-7(15)10(6-12)14-13-9-4-2-8(11)3-5-9/h2-5,13H,1H3/b14-10-. The predicted molar refractivity (Wildman–Crippen MR) is 53.8 cm³/mol. The summed E-state index contributed by atoms with van der Waals surface area (Å²) in [5, 5.41) is 12.1. The Bertz CT molecular complexity index is 431. The Balaban J connectivity index is 2.76. The summed E-state index contributed by atoms with van der Waals surface area (Å²) in [6, 6.07) is 7.05. The molecule has 0 aliphatic rings. The van der Waals surface area contributed by atoms with E-state index < -0.39 is 5.78 Å².